The zero-order chi connectivity index (χ0) is 11.8. The van der Waals surface area contributed by atoms with E-state index in [-0.39, 0.29) is 5.91 Å². The van der Waals surface area contributed by atoms with Gasteiger partial charge in [0.25, 0.3) is 5.91 Å². The number of anilines is 2. The van der Waals surface area contributed by atoms with Crippen molar-refractivity contribution in [2.24, 2.45) is 0 Å². The Labute approximate surface area is 99.5 Å². The quantitative estimate of drug-likeness (QED) is 0.796. The Bertz CT molecular complexity index is 592. The van der Waals surface area contributed by atoms with E-state index in [9.17, 15) is 4.79 Å². The molecule has 1 aliphatic heterocycles. The fourth-order valence-corrected chi connectivity index (χ4v) is 2.10. The summed E-state index contributed by atoms with van der Waals surface area (Å²) in [5.74, 6) is 0.0730. The van der Waals surface area contributed by atoms with Crippen LogP contribution in [0.4, 0.5) is 11.4 Å². The molecule has 0 bridgehead atoms. The van der Waals surface area contributed by atoms with Gasteiger partial charge in [-0.15, -0.1) is 0 Å². The fraction of sp³-hybridized carbons (Fsp3) is 0.0714. The molecule has 2 N–H and O–H groups in total. The van der Waals surface area contributed by atoms with Crippen LogP contribution in [0.5, 0.6) is 0 Å². The van der Waals surface area contributed by atoms with E-state index in [1.807, 2.05) is 48.5 Å². The van der Waals surface area contributed by atoms with Gasteiger partial charge in [-0.25, -0.2) is 0 Å². The van der Waals surface area contributed by atoms with Crippen molar-refractivity contribution in [1.29, 1.82) is 0 Å². The summed E-state index contributed by atoms with van der Waals surface area (Å²) in [5, 5.41) is 0. The molecule has 17 heavy (non-hydrogen) atoms. The van der Waals surface area contributed by atoms with E-state index in [0.717, 1.165) is 22.5 Å². The molecule has 0 saturated carbocycles. The van der Waals surface area contributed by atoms with E-state index < -0.39 is 0 Å². The summed E-state index contributed by atoms with van der Waals surface area (Å²) in [7, 11) is 0. The molecular formula is C14H12N2O. The van der Waals surface area contributed by atoms with Crippen molar-refractivity contribution in [2.45, 2.75) is 6.54 Å². The topological polar surface area (TPSA) is 46.3 Å². The van der Waals surface area contributed by atoms with Crippen LogP contribution < -0.4 is 10.6 Å². The molecule has 0 fully saturated rings. The number of hydrogen-bond acceptors (Lipinski definition) is 2. The first-order valence-corrected chi connectivity index (χ1v) is 5.51. The van der Waals surface area contributed by atoms with Gasteiger partial charge in [0.05, 0.1) is 17.8 Å². The lowest BCUT2D eigenvalue weighted by molar-refractivity contribution is 0.0964. The summed E-state index contributed by atoms with van der Waals surface area (Å²) in [4.78, 5) is 13.6. The summed E-state index contributed by atoms with van der Waals surface area (Å²) in [6.07, 6.45) is 0. The molecular weight excluding hydrogens is 212 g/mol. The summed E-state index contributed by atoms with van der Waals surface area (Å²) >= 11 is 0. The van der Waals surface area contributed by atoms with Crippen LogP contribution in [-0.4, -0.2) is 5.91 Å². The maximum atomic E-state index is 11.9. The van der Waals surface area contributed by atoms with Crippen molar-refractivity contribution in [3.05, 3.63) is 59.7 Å². The number of rotatable bonds is 2. The van der Waals surface area contributed by atoms with Crippen LogP contribution in [-0.2, 0) is 6.54 Å². The fourth-order valence-electron chi connectivity index (χ4n) is 2.10. The minimum Gasteiger partial charge on any atom is -0.398 e. The molecule has 3 heteroatoms. The molecule has 3 rings (SSSR count). The monoisotopic (exact) mass is 224 g/mol. The van der Waals surface area contributed by atoms with Gasteiger partial charge in [0, 0.05) is 5.69 Å². The number of nitrogens with zero attached hydrogens (tertiary/aromatic N) is 1. The molecule has 0 atom stereocenters. The first-order valence-electron chi connectivity index (χ1n) is 5.51. The Morgan fingerprint density at radius 2 is 1.71 bits per heavy atom. The molecule has 2 aromatic carbocycles. The number of para-hydroxylation sites is 2. The molecule has 1 aliphatic rings. The van der Waals surface area contributed by atoms with Gasteiger partial charge >= 0.3 is 0 Å². The van der Waals surface area contributed by atoms with Crippen molar-refractivity contribution in [3.63, 3.8) is 0 Å². The third-order valence-electron chi connectivity index (χ3n) is 3.05. The zero-order valence-electron chi connectivity index (χ0n) is 9.26. The second kappa shape index (κ2) is 3.63. The van der Waals surface area contributed by atoms with Crippen molar-refractivity contribution in [3.8, 4) is 0 Å². The molecule has 0 saturated heterocycles. The van der Waals surface area contributed by atoms with Crippen LogP contribution in [0, 0.1) is 0 Å². The van der Waals surface area contributed by atoms with E-state index >= 15 is 0 Å². The Morgan fingerprint density at radius 1 is 1.00 bits per heavy atom. The Balaban J connectivity index is 1.90. The smallest absolute Gasteiger partial charge is 0.260 e. The number of amides is 1. The van der Waals surface area contributed by atoms with Crippen LogP contribution >= 0.6 is 0 Å². The highest BCUT2D eigenvalue weighted by atomic mass is 16.2. The second-order valence-corrected chi connectivity index (χ2v) is 4.11. The van der Waals surface area contributed by atoms with Crippen LogP contribution in [0.2, 0.25) is 0 Å². The second-order valence-electron chi connectivity index (χ2n) is 4.11. The first-order chi connectivity index (χ1) is 8.27. The number of benzene rings is 2. The van der Waals surface area contributed by atoms with Gasteiger partial charge in [0.2, 0.25) is 0 Å². The minimum absolute atomic E-state index is 0.0730. The van der Waals surface area contributed by atoms with Crippen LogP contribution in [0.25, 0.3) is 0 Å². The lowest BCUT2D eigenvalue weighted by Crippen LogP contribution is -2.40. The van der Waals surface area contributed by atoms with E-state index in [4.69, 9.17) is 5.73 Å². The zero-order valence-corrected chi connectivity index (χ0v) is 9.26. The largest absolute Gasteiger partial charge is 0.398 e. The molecule has 0 aliphatic carbocycles. The van der Waals surface area contributed by atoms with Gasteiger partial charge in [0.15, 0.2) is 0 Å². The molecule has 0 unspecified atom stereocenters. The molecule has 0 spiro atoms. The molecule has 1 heterocycles. The highest BCUT2D eigenvalue weighted by Gasteiger charge is 2.32. The van der Waals surface area contributed by atoms with Crippen LogP contribution in [0.1, 0.15) is 15.9 Å². The molecule has 1 amide bonds. The van der Waals surface area contributed by atoms with E-state index in [1.54, 1.807) is 4.90 Å². The standard InChI is InChI=1S/C14H12N2O/c15-12-7-3-1-5-10(12)9-16-13-8-4-2-6-11(13)14(16)17/h1-8H,9,15H2. The van der Waals surface area contributed by atoms with E-state index in [1.165, 1.54) is 0 Å². The lowest BCUT2D eigenvalue weighted by atomic mass is 10.0. The number of fused-ring (bicyclic) bond motifs is 1. The number of carbonyl (C=O) groups excluding carboxylic acids is 1. The molecule has 3 nitrogen and oxygen atoms in total. The van der Waals surface area contributed by atoms with E-state index in [0.29, 0.717) is 6.54 Å². The van der Waals surface area contributed by atoms with Gasteiger partial charge < -0.3 is 10.6 Å². The van der Waals surface area contributed by atoms with Crippen molar-refractivity contribution in [2.75, 3.05) is 10.6 Å². The highest BCUT2D eigenvalue weighted by Crippen LogP contribution is 2.34. The summed E-state index contributed by atoms with van der Waals surface area (Å²) in [6, 6.07) is 15.2. The van der Waals surface area contributed by atoms with Crippen LogP contribution in [0.3, 0.4) is 0 Å². The number of hydrogen-bond donors (Lipinski definition) is 1. The van der Waals surface area contributed by atoms with Gasteiger partial charge in [-0.3, -0.25) is 4.79 Å². The van der Waals surface area contributed by atoms with E-state index in [2.05, 4.69) is 0 Å². The average Bonchev–Trinajstić information content (AvgIpc) is 2.37. The SMILES string of the molecule is Nc1ccccc1CN1C(=O)c2ccccc21. The number of nitrogens with two attached hydrogens (primary N) is 1. The van der Waals surface area contributed by atoms with Crippen molar-refractivity contribution in [1.82, 2.24) is 0 Å². The Hall–Kier alpha value is -2.29. The third kappa shape index (κ3) is 1.47. The molecule has 84 valence electrons. The maximum Gasteiger partial charge on any atom is 0.260 e. The van der Waals surface area contributed by atoms with Gasteiger partial charge in [-0.1, -0.05) is 30.3 Å². The predicted molar refractivity (Wildman–Crippen MR) is 67.8 cm³/mol. The molecule has 0 radical (unpaired) electrons. The normalized spacial score (nSPS) is 13.2. The minimum atomic E-state index is 0.0730. The summed E-state index contributed by atoms with van der Waals surface area (Å²) in [6.45, 7) is 0.544. The van der Waals surface area contributed by atoms with Crippen molar-refractivity contribution < 1.29 is 4.79 Å². The van der Waals surface area contributed by atoms with Crippen molar-refractivity contribution >= 4 is 17.3 Å². The Morgan fingerprint density at radius 3 is 2.53 bits per heavy atom. The lowest BCUT2D eigenvalue weighted by Gasteiger charge is -2.33. The van der Waals surface area contributed by atoms with Gasteiger partial charge in [-0.2, -0.15) is 0 Å². The maximum absolute atomic E-state index is 11.9. The third-order valence-corrected chi connectivity index (χ3v) is 3.05. The van der Waals surface area contributed by atoms with Gasteiger partial charge in [-0.05, 0) is 23.8 Å². The highest BCUT2D eigenvalue weighted by molar-refractivity contribution is 6.19. The Kier molecular flexibility index (Phi) is 2.11. The average molecular weight is 224 g/mol. The molecule has 0 aromatic heterocycles. The predicted octanol–water partition coefficient (Wildman–Crippen LogP) is 2.43. The van der Waals surface area contributed by atoms with Gasteiger partial charge in [0.1, 0.15) is 0 Å². The number of carbonyl (C=O) groups is 1. The molecule has 2 aromatic rings. The number of nitrogen functional groups attached to an aromatic ring is 1. The summed E-state index contributed by atoms with van der Waals surface area (Å²) < 4.78 is 0. The summed E-state index contributed by atoms with van der Waals surface area (Å²) in [5.41, 5.74) is 9.36. The first kappa shape index (κ1) is 9.90. The van der Waals surface area contributed by atoms with Crippen LogP contribution in [0.15, 0.2) is 48.5 Å².